The molecule has 10 heteroatoms. The van der Waals surface area contributed by atoms with Crippen LogP contribution in [0, 0.1) is 0 Å². The lowest BCUT2D eigenvalue weighted by molar-refractivity contribution is 0.0983. The Hall–Kier alpha value is -2.75. The summed E-state index contributed by atoms with van der Waals surface area (Å²) in [5.41, 5.74) is 1.26. The highest BCUT2D eigenvalue weighted by Gasteiger charge is 2.24. The average Bonchev–Trinajstić information content (AvgIpc) is 3.45. The lowest BCUT2D eigenvalue weighted by Crippen LogP contribution is -2.38. The summed E-state index contributed by atoms with van der Waals surface area (Å²) >= 11 is 1.46. The van der Waals surface area contributed by atoms with Gasteiger partial charge in [-0.15, -0.1) is 12.4 Å². The van der Waals surface area contributed by atoms with Gasteiger partial charge >= 0.3 is 0 Å². The molecule has 2 aromatic carbocycles. The average molecular weight is 494 g/mol. The number of anilines is 1. The molecule has 0 atom stereocenters. The van der Waals surface area contributed by atoms with Gasteiger partial charge in [0, 0.05) is 36.9 Å². The van der Waals surface area contributed by atoms with Gasteiger partial charge in [0.1, 0.15) is 11.5 Å². The minimum absolute atomic E-state index is 0. The van der Waals surface area contributed by atoms with Crippen LogP contribution in [0.1, 0.15) is 24.2 Å². The van der Waals surface area contributed by atoms with Gasteiger partial charge in [-0.3, -0.25) is 9.69 Å². The number of rotatable bonds is 9. The van der Waals surface area contributed by atoms with E-state index in [1.807, 2.05) is 12.1 Å². The molecule has 0 spiro atoms. The van der Waals surface area contributed by atoms with Crippen LogP contribution in [0.4, 0.5) is 5.13 Å². The van der Waals surface area contributed by atoms with Crippen molar-refractivity contribution < 1.29 is 23.7 Å². The normalized spacial score (nSPS) is 12.0. The molecule has 0 aliphatic carbocycles. The van der Waals surface area contributed by atoms with Crippen molar-refractivity contribution in [1.29, 1.82) is 0 Å². The zero-order valence-electron chi connectivity index (χ0n) is 19.1. The molecule has 0 fully saturated rings. The van der Waals surface area contributed by atoms with E-state index >= 15 is 0 Å². The predicted molar refractivity (Wildman–Crippen MR) is 132 cm³/mol. The van der Waals surface area contributed by atoms with E-state index in [1.54, 1.807) is 37.3 Å². The molecule has 0 radical (unpaired) electrons. The molecule has 178 valence electrons. The van der Waals surface area contributed by atoms with Crippen molar-refractivity contribution in [3.05, 3.63) is 35.9 Å². The Kier molecular flexibility index (Phi) is 8.23. The minimum Gasteiger partial charge on any atom is -0.497 e. The summed E-state index contributed by atoms with van der Waals surface area (Å²) in [5, 5.41) is 0.627. The second kappa shape index (κ2) is 10.9. The Morgan fingerprint density at radius 1 is 1.00 bits per heavy atom. The molecule has 0 unspecified atom stereocenters. The van der Waals surface area contributed by atoms with Gasteiger partial charge in [0.2, 0.25) is 6.79 Å². The molecule has 4 rings (SSSR count). The minimum atomic E-state index is -0.159. The van der Waals surface area contributed by atoms with Crippen molar-refractivity contribution in [3.63, 3.8) is 0 Å². The number of halogens is 1. The number of ether oxygens (including phenoxy) is 4. The fraction of sp³-hybridized carbons (Fsp3) is 0.391. The maximum absolute atomic E-state index is 13.7. The molecule has 1 aromatic heterocycles. The van der Waals surface area contributed by atoms with Crippen LogP contribution in [-0.4, -0.2) is 63.0 Å². The Labute approximate surface area is 203 Å². The SMILES string of the molecule is CCN(CC)CCN(C(=O)c1cc(OC)cc(OC)c1)c1nc2cc3c(cc2s1)OCO3.Cl. The van der Waals surface area contributed by atoms with Gasteiger partial charge in [0.15, 0.2) is 16.6 Å². The number of fused-ring (bicyclic) bond motifs is 2. The third-order valence-corrected chi connectivity index (χ3v) is 6.52. The fourth-order valence-electron chi connectivity index (χ4n) is 3.57. The molecule has 2 heterocycles. The molecule has 1 aliphatic heterocycles. The van der Waals surface area contributed by atoms with Gasteiger partial charge in [-0.05, 0) is 25.2 Å². The van der Waals surface area contributed by atoms with Gasteiger partial charge < -0.3 is 23.8 Å². The lowest BCUT2D eigenvalue weighted by atomic mass is 10.1. The molecule has 1 aliphatic rings. The summed E-state index contributed by atoms with van der Waals surface area (Å²) in [5.74, 6) is 2.34. The maximum atomic E-state index is 13.7. The number of hydrogen-bond acceptors (Lipinski definition) is 8. The number of thiazole rings is 1. The van der Waals surface area contributed by atoms with Crippen LogP contribution in [0.15, 0.2) is 30.3 Å². The second-order valence-electron chi connectivity index (χ2n) is 7.25. The van der Waals surface area contributed by atoms with Crippen LogP contribution in [0.25, 0.3) is 10.2 Å². The van der Waals surface area contributed by atoms with E-state index in [2.05, 4.69) is 18.7 Å². The summed E-state index contributed by atoms with van der Waals surface area (Å²) in [7, 11) is 3.14. The first-order chi connectivity index (χ1) is 15.6. The number of nitrogens with zero attached hydrogens (tertiary/aromatic N) is 3. The van der Waals surface area contributed by atoms with Crippen LogP contribution >= 0.6 is 23.7 Å². The topological polar surface area (TPSA) is 73.4 Å². The van der Waals surface area contributed by atoms with Crippen LogP contribution in [-0.2, 0) is 0 Å². The van der Waals surface area contributed by atoms with Crippen molar-refractivity contribution in [2.24, 2.45) is 0 Å². The number of benzene rings is 2. The zero-order chi connectivity index (χ0) is 22.7. The summed E-state index contributed by atoms with van der Waals surface area (Å²) in [6, 6.07) is 8.97. The first-order valence-electron chi connectivity index (χ1n) is 10.5. The maximum Gasteiger partial charge on any atom is 0.260 e. The van der Waals surface area contributed by atoms with Crippen molar-refractivity contribution in [1.82, 2.24) is 9.88 Å². The quantitative estimate of drug-likeness (QED) is 0.436. The highest BCUT2D eigenvalue weighted by atomic mass is 35.5. The highest BCUT2D eigenvalue weighted by molar-refractivity contribution is 7.22. The first kappa shape index (κ1) is 24.9. The molecule has 0 bridgehead atoms. The third-order valence-electron chi connectivity index (χ3n) is 5.48. The van der Waals surface area contributed by atoms with E-state index in [4.69, 9.17) is 23.9 Å². The monoisotopic (exact) mass is 493 g/mol. The van der Waals surface area contributed by atoms with Gasteiger partial charge in [-0.1, -0.05) is 25.2 Å². The van der Waals surface area contributed by atoms with Crippen LogP contribution in [0.2, 0.25) is 0 Å². The number of likely N-dealkylation sites (N-methyl/N-ethyl adjacent to an activating group) is 1. The summed E-state index contributed by atoms with van der Waals surface area (Å²) in [6.07, 6.45) is 0. The lowest BCUT2D eigenvalue weighted by Gasteiger charge is -2.25. The van der Waals surface area contributed by atoms with E-state index in [0.29, 0.717) is 40.2 Å². The Morgan fingerprint density at radius 2 is 1.64 bits per heavy atom. The van der Waals surface area contributed by atoms with Crippen molar-refractivity contribution in [3.8, 4) is 23.0 Å². The third kappa shape index (κ3) is 5.26. The number of methoxy groups -OCH3 is 2. The van der Waals surface area contributed by atoms with Crippen LogP contribution in [0.3, 0.4) is 0 Å². The fourth-order valence-corrected chi connectivity index (χ4v) is 4.57. The molecule has 8 nitrogen and oxygen atoms in total. The van der Waals surface area contributed by atoms with E-state index in [-0.39, 0.29) is 25.1 Å². The van der Waals surface area contributed by atoms with E-state index in [0.717, 1.165) is 29.9 Å². The highest BCUT2D eigenvalue weighted by Crippen LogP contribution is 2.40. The molecular formula is C23H28ClN3O5S. The van der Waals surface area contributed by atoms with Gasteiger partial charge in [0.25, 0.3) is 5.91 Å². The van der Waals surface area contributed by atoms with Crippen LogP contribution < -0.4 is 23.8 Å². The molecule has 33 heavy (non-hydrogen) atoms. The molecular weight excluding hydrogens is 466 g/mol. The number of aromatic nitrogens is 1. The van der Waals surface area contributed by atoms with Crippen molar-refractivity contribution >= 4 is 45.0 Å². The number of carbonyl (C=O) groups is 1. The number of hydrogen-bond donors (Lipinski definition) is 0. The zero-order valence-corrected chi connectivity index (χ0v) is 20.8. The summed E-state index contributed by atoms with van der Waals surface area (Å²) in [4.78, 5) is 22.4. The standard InChI is InChI=1S/C23H27N3O5S.ClH/c1-5-25(6-2)7-8-26(22(27)15-9-16(28-3)11-17(10-15)29-4)23-24-18-12-19-20(31-14-30-19)13-21(18)32-23;/h9-13H,5-8,14H2,1-4H3;1H. The smallest absolute Gasteiger partial charge is 0.260 e. The van der Waals surface area contributed by atoms with Gasteiger partial charge in [-0.25, -0.2) is 4.98 Å². The first-order valence-corrected chi connectivity index (χ1v) is 11.3. The molecule has 3 aromatic rings. The largest absolute Gasteiger partial charge is 0.497 e. The second-order valence-corrected chi connectivity index (χ2v) is 8.26. The predicted octanol–water partition coefficient (Wildman–Crippen LogP) is 4.45. The van der Waals surface area contributed by atoms with Crippen molar-refractivity contribution in [2.75, 3.05) is 52.1 Å². The Morgan fingerprint density at radius 3 is 2.24 bits per heavy atom. The molecule has 0 N–H and O–H groups in total. The summed E-state index contributed by atoms with van der Waals surface area (Å²) < 4.78 is 22.6. The van der Waals surface area contributed by atoms with Crippen molar-refractivity contribution in [2.45, 2.75) is 13.8 Å². The van der Waals surface area contributed by atoms with E-state index < -0.39 is 0 Å². The Balaban J connectivity index is 0.00000306. The summed E-state index contributed by atoms with van der Waals surface area (Å²) in [6.45, 7) is 7.50. The van der Waals surface area contributed by atoms with Gasteiger partial charge in [-0.2, -0.15) is 0 Å². The van der Waals surface area contributed by atoms with E-state index in [1.165, 1.54) is 11.3 Å². The molecule has 1 amide bonds. The van der Waals surface area contributed by atoms with Gasteiger partial charge in [0.05, 0.1) is 24.4 Å². The van der Waals surface area contributed by atoms with Crippen LogP contribution in [0.5, 0.6) is 23.0 Å². The number of carbonyl (C=O) groups excluding carboxylic acids is 1. The molecule has 0 saturated carbocycles. The molecule has 0 saturated heterocycles. The van der Waals surface area contributed by atoms with E-state index in [9.17, 15) is 4.79 Å². The number of amides is 1. The Bertz CT molecular complexity index is 1060.